The molecule has 0 aliphatic heterocycles. The van der Waals surface area contributed by atoms with Crippen LogP contribution in [0.2, 0.25) is 0 Å². The van der Waals surface area contributed by atoms with Crippen LogP contribution >= 0.6 is 23.4 Å². The Morgan fingerprint density at radius 3 is 2.55 bits per heavy atom. The summed E-state index contributed by atoms with van der Waals surface area (Å²) in [5, 5.41) is -1.08. The molecule has 0 aliphatic rings. The van der Waals surface area contributed by atoms with Crippen LogP contribution in [0, 0.1) is 0 Å². The fourth-order valence-corrected chi connectivity index (χ4v) is 1.14. The molecule has 0 N–H and O–H groups in total. The molecule has 64 valence electrons. The number of halogens is 1. The molecule has 0 rings (SSSR count). The standard InChI is InChI=1S/C6H9ClO3S/c1-3-11-4(2)10-6(9)5(7)8/h4H,3H2,1-2H3. The van der Waals surface area contributed by atoms with Crippen molar-refractivity contribution >= 4 is 34.6 Å². The van der Waals surface area contributed by atoms with Crippen LogP contribution in [0.3, 0.4) is 0 Å². The van der Waals surface area contributed by atoms with Crippen LogP contribution in [0.4, 0.5) is 0 Å². The molecular weight excluding hydrogens is 188 g/mol. The van der Waals surface area contributed by atoms with Crippen molar-refractivity contribution in [2.75, 3.05) is 5.75 Å². The normalized spacial score (nSPS) is 12.3. The molecule has 0 aromatic heterocycles. The predicted octanol–water partition coefficient (Wildman–Crippen LogP) is 1.39. The lowest BCUT2D eigenvalue weighted by molar-refractivity contribution is -0.151. The summed E-state index contributed by atoms with van der Waals surface area (Å²) in [5.74, 6) is -0.162. The van der Waals surface area contributed by atoms with Gasteiger partial charge in [-0.05, 0) is 24.3 Å². The van der Waals surface area contributed by atoms with E-state index >= 15 is 0 Å². The molecular formula is C6H9ClO3S. The molecule has 0 bridgehead atoms. The maximum atomic E-state index is 10.5. The van der Waals surface area contributed by atoms with E-state index in [9.17, 15) is 9.59 Å². The number of carbonyl (C=O) groups excluding carboxylic acids is 2. The van der Waals surface area contributed by atoms with Gasteiger partial charge in [0.1, 0.15) is 5.44 Å². The topological polar surface area (TPSA) is 43.4 Å². The van der Waals surface area contributed by atoms with E-state index < -0.39 is 11.2 Å². The Labute approximate surface area is 74.4 Å². The fraction of sp³-hybridized carbons (Fsp3) is 0.667. The van der Waals surface area contributed by atoms with Crippen molar-refractivity contribution in [2.45, 2.75) is 19.3 Å². The monoisotopic (exact) mass is 196 g/mol. The number of thioether (sulfide) groups is 1. The van der Waals surface area contributed by atoms with Crippen molar-refractivity contribution in [3.05, 3.63) is 0 Å². The molecule has 0 radical (unpaired) electrons. The van der Waals surface area contributed by atoms with Crippen LogP contribution in [0.5, 0.6) is 0 Å². The average Bonchev–Trinajstić information content (AvgIpc) is 1.87. The van der Waals surface area contributed by atoms with Gasteiger partial charge in [0.15, 0.2) is 0 Å². The summed E-state index contributed by atoms with van der Waals surface area (Å²) in [6.07, 6.45) is 0. The Morgan fingerprint density at radius 1 is 1.64 bits per heavy atom. The van der Waals surface area contributed by atoms with Crippen molar-refractivity contribution in [3.8, 4) is 0 Å². The molecule has 0 aromatic carbocycles. The second-order valence-electron chi connectivity index (χ2n) is 1.70. The van der Waals surface area contributed by atoms with E-state index in [4.69, 9.17) is 11.6 Å². The molecule has 1 unspecified atom stereocenters. The summed E-state index contributed by atoms with van der Waals surface area (Å²) >= 11 is 6.27. The minimum atomic E-state index is -1.08. The second-order valence-corrected chi connectivity index (χ2v) is 3.62. The van der Waals surface area contributed by atoms with Gasteiger partial charge in [-0.15, -0.1) is 11.8 Å². The van der Waals surface area contributed by atoms with Crippen molar-refractivity contribution in [2.24, 2.45) is 0 Å². The summed E-state index contributed by atoms with van der Waals surface area (Å²) in [7, 11) is 0. The minimum absolute atomic E-state index is 0.310. The molecule has 0 heterocycles. The van der Waals surface area contributed by atoms with Gasteiger partial charge in [0.2, 0.25) is 0 Å². The number of esters is 1. The van der Waals surface area contributed by atoms with Gasteiger partial charge in [0.05, 0.1) is 0 Å². The van der Waals surface area contributed by atoms with Crippen molar-refractivity contribution in [3.63, 3.8) is 0 Å². The molecule has 0 fully saturated rings. The van der Waals surface area contributed by atoms with Crippen molar-refractivity contribution < 1.29 is 14.3 Å². The van der Waals surface area contributed by atoms with E-state index in [2.05, 4.69) is 4.74 Å². The first-order chi connectivity index (χ1) is 5.07. The van der Waals surface area contributed by atoms with Crippen molar-refractivity contribution in [1.29, 1.82) is 0 Å². The number of ether oxygens (including phenoxy) is 1. The third-order valence-electron chi connectivity index (χ3n) is 0.835. The Balaban J connectivity index is 3.66. The van der Waals surface area contributed by atoms with Gasteiger partial charge in [-0.25, -0.2) is 4.79 Å². The second kappa shape index (κ2) is 5.43. The van der Waals surface area contributed by atoms with Crippen LogP contribution in [0.25, 0.3) is 0 Å². The molecule has 5 heteroatoms. The Hall–Kier alpha value is -0.220. The van der Waals surface area contributed by atoms with Gasteiger partial charge in [0.25, 0.3) is 0 Å². The molecule has 0 spiro atoms. The summed E-state index contributed by atoms with van der Waals surface area (Å²) in [6.45, 7) is 3.61. The highest BCUT2D eigenvalue weighted by molar-refractivity contribution is 7.99. The third-order valence-corrected chi connectivity index (χ3v) is 1.89. The maximum Gasteiger partial charge on any atom is 0.392 e. The van der Waals surface area contributed by atoms with Crippen LogP contribution in [0.15, 0.2) is 0 Å². The largest absolute Gasteiger partial charge is 0.445 e. The van der Waals surface area contributed by atoms with Gasteiger partial charge in [0, 0.05) is 0 Å². The maximum absolute atomic E-state index is 10.5. The van der Waals surface area contributed by atoms with E-state index in [1.165, 1.54) is 11.8 Å². The van der Waals surface area contributed by atoms with Gasteiger partial charge in [-0.1, -0.05) is 6.92 Å². The summed E-state index contributed by atoms with van der Waals surface area (Å²) in [4.78, 5) is 20.7. The smallest absolute Gasteiger partial charge is 0.392 e. The van der Waals surface area contributed by atoms with Crippen LogP contribution in [-0.2, 0) is 14.3 Å². The highest BCUT2D eigenvalue weighted by Crippen LogP contribution is 2.10. The first kappa shape index (κ1) is 10.8. The molecule has 11 heavy (non-hydrogen) atoms. The van der Waals surface area contributed by atoms with E-state index in [1.807, 2.05) is 6.92 Å². The van der Waals surface area contributed by atoms with E-state index in [0.717, 1.165) is 5.75 Å². The zero-order chi connectivity index (χ0) is 8.85. The molecule has 0 aliphatic carbocycles. The number of carbonyl (C=O) groups is 2. The van der Waals surface area contributed by atoms with Gasteiger partial charge >= 0.3 is 11.2 Å². The SMILES string of the molecule is CCSC(C)OC(=O)C(=O)Cl. The van der Waals surface area contributed by atoms with Gasteiger partial charge < -0.3 is 4.74 Å². The first-order valence-corrected chi connectivity index (χ1v) is 4.52. The minimum Gasteiger partial charge on any atom is -0.445 e. The average molecular weight is 197 g/mol. The van der Waals surface area contributed by atoms with Gasteiger partial charge in [-0.2, -0.15) is 0 Å². The van der Waals surface area contributed by atoms with E-state index in [0.29, 0.717) is 0 Å². The summed E-state index contributed by atoms with van der Waals surface area (Å²) in [6, 6.07) is 0. The number of hydrogen-bond acceptors (Lipinski definition) is 4. The highest BCUT2D eigenvalue weighted by atomic mass is 35.5. The molecule has 0 saturated carbocycles. The lowest BCUT2D eigenvalue weighted by Crippen LogP contribution is -2.16. The third kappa shape index (κ3) is 5.09. The Kier molecular flexibility index (Phi) is 5.32. The van der Waals surface area contributed by atoms with Crippen LogP contribution < -0.4 is 0 Å². The number of rotatable bonds is 4. The summed E-state index contributed by atoms with van der Waals surface area (Å²) < 4.78 is 4.59. The van der Waals surface area contributed by atoms with Gasteiger partial charge in [-0.3, -0.25) is 4.79 Å². The fourth-order valence-electron chi connectivity index (χ4n) is 0.466. The first-order valence-electron chi connectivity index (χ1n) is 3.10. The van der Waals surface area contributed by atoms with E-state index in [-0.39, 0.29) is 5.44 Å². The molecule has 0 amide bonds. The zero-order valence-electron chi connectivity index (χ0n) is 6.30. The quantitative estimate of drug-likeness (QED) is 0.295. The Bertz CT molecular complexity index is 160. The van der Waals surface area contributed by atoms with Crippen LogP contribution in [-0.4, -0.2) is 22.4 Å². The highest BCUT2D eigenvalue weighted by Gasteiger charge is 2.15. The van der Waals surface area contributed by atoms with Crippen molar-refractivity contribution in [1.82, 2.24) is 0 Å². The van der Waals surface area contributed by atoms with E-state index in [1.54, 1.807) is 6.92 Å². The zero-order valence-corrected chi connectivity index (χ0v) is 7.87. The molecule has 0 saturated heterocycles. The summed E-state index contributed by atoms with van der Waals surface area (Å²) in [5.41, 5.74) is -0.310. The lowest BCUT2D eigenvalue weighted by Gasteiger charge is -2.08. The molecule has 3 nitrogen and oxygen atoms in total. The lowest BCUT2D eigenvalue weighted by atomic mass is 10.7. The molecule has 1 atom stereocenters. The Morgan fingerprint density at radius 2 is 2.18 bits per heavy atom. The predicted molar refractivity (Wildman–Crippen MR) is 44.5 cm³/mol. The number of hydrogen-bond donors (Lipinski definition) is 0. The van der Waals surface area contributed by atoms with Crippen LogP contribution in [0.1, 0.15) is 13.8 Å². The molecule has 0 aromatic rings.